The van der Waals surface area contributed by atoms with Gasteiger partial charge >= 0.3 is 5.97 Å². The van der Waals surface area contributed by atoms with E-state index in [0.717, 1.165) is 0 Å². The van der Waals surface area contributed by atoms with E-state index in [9.17, 15) is 9.18 Å². The lowest BCUT2D eigenvalue weighted by Crippen LogP contribution is -2.11. The molecule has 0 amide bonds. The Hall–Kier alpha value is -1.98. The van der Waals surface area contributed by atoms with E-state index in [0.29, 0.717) is 0 Å². The van der Waals surface area contributed by atoms with E-state index in [2.05, 4.69) is 10.1 Å². The van der Waals surface area contributed by atoms with Crippen molar-refractivity contribution >= 4 is 23.0 Å². The normalized spacial score (nSPS) is 9.80. The van der Waals surface area contributed by atoms with Crippen LogP contribution in [0.25, 0.3) is 0 Å². The molecule has 0 unspecified atom stereocenters. The van der Waals surface area contributed by atoms with Crippen molar-refractivity contribution < 1.29 is 13.9 Å². The molecule has 0 aromatic heterocycles. The third-order valence-electron chi connectivity index (χ3n) is 1.99. The number of nitrogens with one attached hydrogen (secondary N) is 1. The number of benzene rings is 1. The minimum absolute atomic E-state index is 0.0696. The van der Waals surface area contributed by atoms with Gasteiger partial charge in [-0.3, -0.25) is 0 Å². The van der Waals surface area contributed by atoms with E-state index in [-0.39, 0.29) is 22.6 Å². The molecule has 0 radical (unpaired) electrons. The quantitative estimate of drug-likeness (QED) is 0.499. The highest BCUT2D eigenvalue weighted by Gasteiger charge is 2.18. The molecule has 15 heavy (non-hydrogen) atoms. The zero-order valence-corrected chi connectivity index (χ0v) is 8.43. The molecule has 1 aromatic rings. The monoisotopic (exact) mass is 213 g/mol. The third kappa shape index (κ3) is 1.78. The average molecular weight is 213 g/mol. The summed E-state index contributed by atoms with van der Waals surface area (Å²) in [5, 5.41) is 2.56. The lowest BCUT2D eigenvalue weighted by molar-refractivity contribution is 0.0601. The second kappa shape index (κ2) is 4.04. The Kier molecular flexibility index (Phi) is 2.99. The molecule has 1 rings (SSSR count). The number of hydrogen-bond donors (Lipinski definition) is 3. The van der Waals surface area contributed by atoms with E-state index in [1.807, 2.05) is 0 Å². The van der Waals surface area contributed by atoms with Gasteiger partial charge in [-0.1, -0.05) is 0 Å². The largest absolute Gasteiger partial charge is 0.465 e. The predicted molar refractivity (Wildman–Crippen MR) is 56.1 cm³/mol. The predicted octanol–water partition coefficient (Wildman–Crippen LogP) is 0.818. The van der Waals surface area contributed by atoms with E-state index < -0.39 is 11.8 Å². The number of anilines is 3. The maximum Gasteiger partial charge on any atom is 0.340 e. The number of rotatable bonds is 2. The summed E-state index contributed by atoms with van der Waals surface area (Å²) in [5.74, 6) is -1.47. The van der Waals surface area contributed by atoms with Crippen LogP contribution in [0.4, 0.5) is 21.5 Å². The smallest absolute Gasteiger partial charge is 0.340 e. The molecule has 0 bridgehead atoms. The van der Waals surface area contributed by atoms with Gasteiger partial charge in [0.25, 0.3) is 0 Å². The third-order valence-corrected chi connectivity index (χ3v) is 1.99. The minimum Gasteiger partial charge on any atom is -0.465 e. The van der Waals surface area contributed by atoms with E-state index in [1.54, 1.807) is 0 Å². The second-order valence-electron chi connectivity index (χ2n) is 2.86. The Labute approximate surface area is 86.2 Å². The SMILES string of the molecule is CNc1c(N)cc(C(=O)OC)c(N)c1F. The number of nitrogen functional groups attached to an aromatic ring is 2. The van der Waals surface area contributed by atoms with Gasteiger partial charge in [-0.15, -0.1) is 0 Å². The van der Waals surface area contributed by atoms with Crippen LogP contribution >= 0.6 is 0 Å². The van der Waals surface area contributed by atoms with Gasteiger partial charge in [-0.25, -0.2) is 9.18 Å². The molecule has 0 spiro atoms. The van der Waals surface area contributed by atoms with Gasteiger partial charge in [-0.05, 0) is 6.07 Å². The molecule has 0 saturated carbocycles. The van der Waals surface area contributed by atoms with Crippen molar-refractivity contribution in [1.82, 2.24) is 0 Å². The first-order valence-electron chi connectivity index (χ1n) is 4.16. The van der Waals surface area contributed by atoms with Gasteiger partial charge in [0.15, 0.2) is 5.82 Å². The maximum absolute atomic E-state index is 13.5. The molecular weight excluding hydrogens is 201 g/mol. The van der Waals surface area contributed by atoms with Crippen LogP contribution in [0.2, 0.25) is 0 Å². The standard InChI is InChI=1S/C9H12FN3O2/c1-13-8-5(11)3-4(9(14)15-2)7(12)6(8)10/h3,13H,11-12H2,1-2H3. The van der Waals surface area contributed by atoms with Crippen LogP contribution in [0, 0.1) is 5.82 Å². The first kappa shape index (κ1) is 11.1. The van der Waals surface area contributed by atoms with Crippen LogP contribution in [-0.4, -0.2) is 20.1 Å². The van der Waals surface area contributed by atoms with Crippen LogP contribution in [0.3, 0.4) is 0 Å². The van der Waals surface area contributed by atoms with Gasteiger partial charge in [0.1, 0.15) is 0 Å². The first-order chi connectivity index (χ1) is 7.02. The van der Waals surface area contributed by atoms with E-state index in [1.165, 1.54) is 20.2 Å². The number of hydrogen-bond acceptors (Lipinski definition) is 5. The van der Waals surface area contributed by atoms with Gasteiger partial charge in [0.05, 0.1) is 29.7 Å². The fourth-order valence-corrected chi connectivity index (χ4v) is 1.22. The summed E-state index contributed by atoms with van der Waals surface area (Å²) in [7, 11) is 2.69. The number of carbonyl (C=O) groups excluding carboxylic acids is 1. The fourth-order valence-electron chi connectivity index (χ4n) is 1.22. The number of esters is 1. The Balaban J connectivity index is 3.40. The fraction of sp³-hybridized carbons (Fsp3) is 0.222. The molecule has 5 N–H and O–H groups in total. The molecule has 5 nitrogen and oxygen atoms in total. The summed E-state index contributed by atoms with van der Waals surface area (Å²) in [6.07, 6.45) is 0. The molecule has 1 aromatic carbocycles. The highest BCUT2D eigenvalue weighted by Crippen LogP contribution is 2.30. The number of carbonyl (C=O) groups is 1. The van der Waals surface area contributed by atoms with Gasteiger partial charge in [0.2, 0.25) is 0 Å². The summed E-state index contributed by atoms with van der Waals surface area (Å²) < 4.78 is 18.0. The summed E-state index contributed by atoms with van der Waals surface area (Å²) in [6, 6.07) is 1.27. The molecule has 82 valence electrons. The van der Waals surface area contributed by atoms with Crippen molar-refractivity contribution in [3.63, 3.8) is 0 Å². The van der Waals surface area contributed by atoms with Crippen LogP contribution in [-0.2, 0) is 4.74 Å². The van der Waals surface area contributed by atoms with E-state index in [4.69, 9.17) is 11.5 Å². The highest BCUT2D eigenvalue weighted by molar-refractivity contribution is 5.98. The van der Waals surface area contributed by atoms with Crippen molar-refractivity contribution in [2.45, 2.75) is 0 Å². The van der Waals surface area contributed by atoms with Gasteiger partial charge in [0, 0.05) is 7.05 Å². The minimum atomic E-state index is -0.752. The summed E-state index contributed by atoms with van der Waals surface area (Å²) in [6.45, 7) is 0. The molecule has 0 atom stereocenters. The van der Waals surface area contributed by atoms with Crippen LogP contribution in [0.15, 0.2) is 6.07 Å². The van der Waals surface area contributed by atoms with Crippen molar-refractivity contribution in [2.75, 3.05) is 30.9 Å². The van der Waals surface area contributed by atoms with Crippen LogP contribution in [0.5, 0.6) is 0 Å². The second-order valence-corrected chi connectivity index (χ2v) is 2.86. The molecule has 6 heteroatoms. The van der Waals surface area contributed by atoms with Crippen molar-refractivity contribution in [2.24, 2.45) is 0 Å². The summed E-state index contributed by atoms with van der Waals surface area (Å²) in [4.78, 5) is 11.2. The van der Waals surface area contributed by atoms with Crippen LogP contribution < -0.4 is 16.8 Å². The number of ether oxygens (including phenoxy) is 1. The molecule has 0 heterocycles. The van der Waals surface area contributed by atoms with Crippen molar-refractivity contribution in [3.8, 4) is 0 Å². The van der Waals surface area contributed by atoms with Crippen LogP contribution in [0.1, 0.15) is 10.4 Å². The summed E-state index contributed by atoms with van der Waals surface area (Å²) in [5.41, 5.74) is 10.8. The molecule has 0 aliphatic carbocycles. The molecular formula is C9H12FN3O2. The lowest BCUT2D eigenvalue weighted by atomic mass is 10.1. The Morgan fingerprint density at radius 1 is 1.53 bits per heavy atom. The molecule has 0 saturated heterocycles. The number of nitrogens with two attached hydrogens (primary N) is 2. The number of methoxy groups -OCH3 is 1. The Bertz CT molecular complexity index is 407. The first-order valence-corrected chi connectivity index (χ1v) is 4.16. The van der Waals surface area contributed by atoms with Gasteiger partial charge < -0.3 is 21.5 Å². The Morgan fingerprint density at radius 3 is 2.60 bits per heavy atom. The molecule has 0 aliphatic rings. The topological polar surface area (TPSA) is 90.4 Å². The van der Waals surface area contributed by atoms with E-state index >= 15 is 0 Å². The summed E-state index contributed by atoms with van der Waals surface area (Å²) >= 11 is 0. The van der Waals surface area contributed by atoms with Gasteiger partial charge in [-0.2, -0.15) is 0 Å². The average Bonchev–Trinajstić information content (AvgIpc) is 2.23. The zero-order chi connectivity index (χ0) is 11.6. The number of halogens is 1. The highest BCUT2D eigenvalue weighted by atomic mass is 19.1. The van der Waals surface area contributed by atoms with Crippen molar-refractivity contribution in [1.29, 1.82) is 0 Å². The van der Waals surface area contributed by atoms with Crippen molar-refractivity contribution in [3.05, 3.63) is 17.4 Å². The maximum atomic E-state index is 13.5. The lowest BCUT2D eigenvalue weighted by Gasteiger charge is -2.11. The molecule has 0 fully saturated rings. The zero-order valence-electron chi connectivity index (χ0n) is 8.43. The molecule has 0 aliphatic heterocycles. The Morgan fingerprint density at radius 2 is 2.13 bits per heavy atom.